The largest absolute Gasteiger partial charge is 0.275 e. The number of aromatic nitrogens is 3. The molecule has 0 N–H and O–H groups in total. The third-order valence-electron chi connectivity index (χ3n) is 4.10. The molecule has 124 valence electrons. The van der Waals surface area contributed by atoms with Gasteiger partial charge >= 0.3 is 0 Å². The number of rotatable bonds is 2. The molecular weight excluding hydrogens is 318 g/mol. The fourth-order valence-corrected chi connectivity index (χ4v) is 2.82. The van der Waals surface area contributed by atoms with Crippen LogP contribution in [0.15, 0.2) is 85.3 Å². The fraction of sp³-hybridized carbons (Fsp3) is 0.0435. The average Bonchev–Trinajstić information content (AvgIpc) is 3.10. The standard InChI is InChI=1S/C23H17N3/c1-26-17-22(20-13-15-24-16-14-20)23(25-26)21-11-9-19(10-12-21)8-7-18-5-3-2-4-6-18/h2-6,9-17H,1H3. The molecule has 0 saturated carbocycles. The summed E-state index contributed by atoms with van der Waals surface area (Å²) in [5.74, 6) is 6.39. The minimum atomic E-state index is 0.960. The van der Waals surface area contributed by atoms with Crippen LogP contribution in [0.5, 0.6) is 0 Å². The summed E-state index contributed by atoms with van der Waals surface area (Å²) in [6, 6.07) is 22.2. The van der Waals surface area contributed by atoms with E-state index in [1.54, 1.807) is 12.4 Å². The van der Waals surface area contributed by atoms with E-state index in [1.165, 1.54) is 0 Å². The zero-order valence-corrected chi connectivity index (χ0v) is 14.4. The van der Waals surface area contributed by atoms with Crippen LogP contribution in [0.1, 0.15) is 11.1 Å². The molecule has 0 aliphatic rings. The molecule has 3 heteroatoms. The Bertz CT molecular complexity index is 1070. The van der Waals surface area contributed by atoms with Gasteiger partial charge in [0.2, 0.25) is 0 Å². The first-order valence-electron chi connectivity index (χ1n) is 8.41. The maximum Gasteiger partial charge on any atom is 0.100 e. The van der Waals surface area contributed by atoms with Crippen LogP contribution in [0.4, 0.5) is 0 Å². The van der Waals surface area contributed by atoms with Crippen molar-refractivity contribution in [1.29, 1.82) is 0 Å². The molecule has 0 spiro atoms. The van der Waals surface area contributed by atoms with Gasteiger partial charge in [-0.2, -0.15) is 5.10 Å². The number of nitrogens with zero attached hydrogens (tertiary/aromatic N) is 3. The number of pyridine rings is 1. The fourth-order valence-electron chi connectivity index (χ4n) is 2.82. The van der Waals surface area contributed by atoms with E-state index in [1.807, 2.05) is 72.5 Å². The predicted molar refractivity (Wildman–Crippen MR) is 104 cm³/mol. The van der Waals surface area contributed by atoms with E-state index >= 15 is 0 Å². The van der Waals surface area contributed by atoms with Gasteiger partial charge in [-0.25, -0.2) is 0 Å². The van der Waals surface area contributed by atoms with E-state index in [0.717, 1.165) is 33.5 Å². The van der Waals surface area contributed by atoms with Gasteiger partial charge in [0.25, 0.3) is 0 Å². The lowest BCUT2D eigenvalue weighted by atomic mass is 10.0. The molecule has 0 unspecified atom stereocenters. The summed E-state index contributed by atoms with van der Waals surface area (Å²) in [6.45, 7) is 0. The highest BCUT2D eigenvalue weighted by atomic mass is 15.2. The van der Waals surface area contributed by atoms with Gasteiger partial charge < -0.3 is 0 Å². The molecule has 0 amide bonds. The molecule has 26 heavy (non-hydrogen) atoms. The van der Waals surface area contributed by atoms with E-state index in [9.17, 15) is 0 Å². The van der Waals surface area contributed by atoms with Crippen molar-refractivity contribution < 1.29 is 0 Å². The normalized spacial score (nSPS) is 10.2. The lowest BCUT2D eigenvalue weighted by Gasteiger charge is -2.03. The second kappa shape index (κ2) is 7.08. The van der Waals surface area contributed by atoms with Gasteiger partial charge in [-0.15, -0.1) is 0 Å². The molecule has 0 bridgehead atoms. The molecule has 0 saturated heterocycles. The van der Waals surface area contributed by atoms with Crippen LogP contribution in [0.3, 0.4) is 0 Å². The highest BCUT2D eigenvalue weighted by Gasteiger charge is 2.11. The van der Waals surface area contributed by atoms with Crippen molar-refractivity contribution in [3.05, 3.63) is 96.4 Å². The van der Waals surface area contributed by atoms with Crippen molar-refractivity contribution in [1.82, 2.24) is 14.8 Å². The maximum atomic E-state index is 4.64. The Hall–Kier alpha value is -3.64. The zero-order chi connectivity index (χ0) is 17.8. The van der Waals surface area contributed by atoms with Crippen molar-refractivity contribution in [2.75, 3.05) is 0 Å². The first-order valence-corrected chi connectivity index (χ1v) is 8.41. The molecule has 0 fully saturated rings. The van der Waals surface area contributed by atoms with Crippen LogP contribution < -0.4 is 0 Å². The molecule has 0 aliphatic carbocycles. The second-order valence-corrected chi connectivity index (χ2v) is 5.99. The van der Waals surface area contributed by atoms with Gasteiger partial charge in [0, 0.05) is 47.9 Å². The maximum absolute atomic E-state index is 4.64. The van der Waals surface area contributed by atoms with Gasteiger partial charge in [-0.1, -0.05) is 42.2 Å². The van der Waals surface area contributed by atoms with Crippen molar-refractivity contribution in [2.24, 2.45) is 7.05 Å². The van der Waals surface area contributed by atoms with E-state index in [0.29, 0.717) is 0 Å². The second-order valence-electron chi connectivity index (χ2n) is 5.99. The molecule has 2 aromatic carbocycles. The predicted octanol–water partition coefficient (Wildman–Crippen LogP) is 4.55. The topological polar surface area (TPSA) is 30.7 Å². The van der Waals surface area contributed by atoms with E-state index in [-0.39, 0.29) is 0 Å². The summed E-state index contributed by atoms with van der Waals surface area (Å²) >= 11 is 0. The number of hydrogen-bond acceptors (Lipinski definition) is 2. The SMILES string of the molecule is Cn1cc(-c2ccncc2)c(-c2ccc(C#Cc3ccccc3)cc2)n1. The number of hydrogen-bond donors (Lipinski definition) is 0. The number of benzene rings is 2. The summed E-state index contributed by atoms with van der Waals surface area (Å²) in [6.07, 6.45) is 5.64. The molecule has 0 radical (unpaired) electrons. The molecule has 4 aromatic rings. The summed E-state index contributed by atoms with van der Waals surface area (Å²) in [5, 5.41) is 4.64. The molecule has 0 aliphatic heterocycles. The Labute approximate surface area is 153 Å². The molecule has 2 aromatic heterocycles. The first-order chi connectivity index (χ1) is 12.8. The number of aryl methyl sites for hydroxylation is 1. The molecular formula is C23H17N3. The smallest absolute Gasteiger partial charge is 0.100 e. The van der Waals surface area contributed by atoms with Gasteiger partial charge in [0.1, 0.15) is 5.69 Å². The van der Waals surface area contributed by atoms with Gasteiger partial charge in [-0.3, -0.25) is 9.67 Å². The average molecular weight is 335 g/mol. The van der Waals surface area contributed by atoms with Crippen LogP contribution in [-0.2, 0) is 7.05 Å². The highest BCUT2D eigenvalue weighted by molar-refractivity contribution is 5.80. The van der Waals surface area contributed by atoms with Gasteiger partial charge in [0.05, 0.1) is 0 Å². The third-order valence-corrected chi connectivity index (χ3v) is 4.10. The van der Waals surface area contributed by atoms with E-state index in [2.05, 4.69) is 34.1 Å². The van der Waals surface area contributed by atoms with Crippen molar-refractivity contribution in [2.45, 2.75) is 0 Å². The van der Waals surface area contributed by atoms with Crippen molar-refractivity contribution in [3.8, 4) is 34.2 Å². The minimum absolute atomic E-state index is 0.960. The molecule has 0 atom stereocenters. The molecule has 2 heterocycles. The van der Waals surface area contributed by atoms with Crippen LogP contribution in [0.25, 0.3) is 22.4 Å². The van der Waals surface area contributed by atoms with Crippen molar-refractivity contribution in [3.63, 3.8) is 0 Å². The van der Waals surface area contributed by atoms with E-state index < -0.39 is 0 Å². The first kappa shape index (κ1) is 15.9. The Morgan fingerprint density at radius 3 is 2.08 bits per heavy atom. The minimum Gasteiger partial charge on any atom is -0.275 e. The quantitative estimate of drug-likeness (QED) is 0.503. The van der Waals surface area contributed by atoms with Crippen LogP contribution >= 0.6 is 0 Å². The Balaban J connectivity index is 1.65. The monoisotopic (exact) mass is 335 g/mol. The highest BCUT2D eigenvalue weighted by Crippen LogP contribution is 2.30. The zero-order valence-electron chi connectivity index (χ0n) is 14.4. The lowest BCUT2D eigenvalue weighted by Crippen LogP contribution is -1.88. The van der Waals surface area contributed by atoms with Crippen molar-refractivity contribution >= 4 is 0 Å². The Morgan fingerprint density at radius 2 is 1.38 bits per heavy atom. The Morgan fingerprint density at radius 1 is 0.731 bits per heavy atom. The summed E-state index contributed by atoms with van der Waals surface area (Å²) in [4.78, 5) is 4.09. The summed E-state index contributed by atoms with van der Waals surface area (Å²) in [5.41, 5.74) is 6.23. The Kier molecular flexibility index (Phi) is 4.32. The van der Waals surface area contributed by atoms with Crippen LogP contribution in [-0.4, -0.2) is 14.8 Å². The molecule has 3 nitrogen and oxygen atoms in total. The summed E-state index contributed by atoms with van der Waals surface area (Å²) < 4.78 is 1.84. The van der Waals surface area contributed by atoms with Gasteiger partial charge in [0.15, 0.2) is 0 Å². The van der Waals surface area contributed by atoms with Crippen LogP contribution in [0, 0.1) is 11.8 Å². The van der Waals surface area contributed by atoms with Crippen LogP contribution in [0.2, 0.25) is 0 Å². The summed E-state index contributed by atoms with van der Waals surface area (Å²) in [7, 11) is 1.94. The van der Waals surface area contributed by atoms with Gasteiger partial charge in [-0.05, 0) is 42.0 Å². The molecule has 4 rings (SSSR count). The lowest BCUT2D eigenvalue weighted by molar-refractivity contribution is 0.771. The van der Waals surface area contributed by atoms with E-state index in [4.69, 9.17) is 0 Å². The third kappa shape index (κ3) is 3.40.